The quantitative estimate of drug-likeness (QED) is 0.366. The molecule has 1 aliphatic heterocycles. The summed E-state index contributed by atoms with van der Waals surface area (Å²) in [5.74, 6) is 1.41. The zero-order chi connectivity index (χ0) is 21.5. The molecule has 2 aromatic rings. The molecule has 9 heteroatoms. The number of aromatic nitrogens is 2. The van der Waals surface area contributed by atoms with Crippen LogP contribution in [0.2, 0.25) is 0 Å². The van der Waals surface area contributed by atoms with Crippen LogP contribution in [0, 0.1) is 13.8 Å². The Labute approximate surface area is 186 Å². The fourth-order valence-electron chi connectivity index (χ4n) is 3.26. The van der Waals surface area contributed by atoms with Crippen molar-refractivity contribution in [3.63, 3.8) is 0 Å². The summed E-state index contributed by atoms with van der Waals surface area (Å²) in [5, 5.41) is 9.68. The van der Waals surface area contributed by atoms with Gasteiger partial charge in [-0.15, -0.1) is 23.1 Å². The lowest BCUT2D eigenvalue weighted by Crippen LogP contribution is -2.52. The molecule has 1 fully saturated rings. The number of thioether (sulfide) groups is 1. The monoisotopic (exact) mass is 444 g/mol. The highest BCUT2D eigenvalue weighted by atomic mass is 32.2. The molecular weight excluding hydrogens is 416 g/mol. The first-order valence-electron chi connectivity index (χ1n) is 9.97. The number of piperazine rings is 1. The van der Waals surface area contributed by atoms with E-state index in [1.807, 2.05) is 36.3 Å². The van der Waals surface area contributed by atoms with Crippen molar-refractivity contribution in [2.75, 3.05) is 30.8 Å². The first kappa shape index (κ1) is 22.5. The third kappa shape index (κ3) is 5.68. The van der Waals surface area contributed by atoms with E-state index in [4.69, 9.17) is 0 Å². The van der Waals surface area contributed by atoms with Crippen LogP contribution in [-0.2, 0) is 0 Å². The summed E-state index contributed by atoms with van der Waals surface area (Å²) in [7, 11) is 0. The summed E-state index contributed by atoms with van der Waals surface area (Å²) < 4.78 is 0. The van der Waals surface area contributed by atoms with Gasteiger partial charge < -0.3 is 15.5 Å². The number of rotatable bonds is 8. The molecule has 2 aromatic heterocycles. The molecule has 30 heavy (non-hydrogen) atoms. The van der Waals surface area contributed by atoms with Crippen LogP contribution in [0.1, 0.15) is 39.3 Å². The zero-order valence-corrected chi connectivity index (χ0v) is 19.3. The predicted octanol–water partition coefficient (Wildman–Crippen LogP) is 3.78. The van der Waals surface area contributed by atoms with Crippen LogP contribution >= 0.6 is 23.1 Å². The molecule has 1 atom stereocenters. The number of nitrogens with zero attached hydrogens (tertiary/aromatic N) is 4. The Bertz CT molecular complexity index is 909. The molecule has 1 aliphatic rings. The number of carbonyl (C=O) groups is 1. The van der Waals surface area contributed by atoms with Crippen LogP contribution in [0.15, 0.2) is 28.7 Å². The van der Waals surface area contributed by atoms with Crippen LogP contribution < -0.4 is 10.6 Å². The number of pyridine rings is 1. The minimum Gasteiger partial charge on any atom is -0.361 e. The average molecular weight is 445 g/mol. The second-order valence-corrected chi connectivity index (χ2v) is 9.10. The molecule has 0 bridgehead atoms. The van der Waals surface area contributed by atoms with Gasteiger partial charge in [-0.1, -0.05) is 6.92 Å². The van der Waals surface area contributed by atoms with Gasteiger partial charge in [0.1, 0.15) is 5.82 Å². The lowest BCUT2D eigenvalue weighted by atomic mass is 10.1. The standard InChI is InChI=1S/C21H28N6OS2/c1-5-17-11-27(9-8-23-17)21(28)16-6-7-19(24-10-16)25-13-29-12-18(22-4)20-14(2)26-15(3)30-20/h6-7,10,12,17,23H,4-5,8-9,11,13H2,1-3H3,(H,24,25)/b18-12-/t17-/m0/s1. The lowest BCUT2D eigenvalue weighted by molar-refractivity contribution is 0.0701. The Kier molecular flexibility index (Phi) is 8.01. The molecule has 0 aliphatic carbocycles. The predicted molar refractivity (Wildman–Crippen MR) is 127 cm³/mol. The van der Waals surface area contributed by atoms with Gasteiger partial charge in [0.25, 0.3) is 5.91 Å². The number of anilines is 1. The van der Waals surface area contributed by atoms with E-state index in [2.05, 4.69) is 39.2 Å². The number of hydrogen-bond acceptors (Lipinski definition) is 8. The molecule has 0 aromatic carbocycles. The van der Waals surface area contributed by atoms with Gasteiger partial charge in [0, 0.05) is 31.9 Å². The smallest absolute Gasteiger partial charge is 0.255 e. The Morgan fingerprint density at radius 2 is 2.33 bits per heavy atom. The fourth-order valence-corrected chi connectivity index (χ4v) is 4.90. The number of aryl methyl sites for hydroxylation is 2. The Hall–Kier alpha value is -2.23. The van der Waals surface area contributed by atoms with Crippen molar-refractivity contribution in [2.45, 2.75) is 33.2 Å². The molecule has 7 nitrogen and oxygen atoms in total. The zero-order valence-electron chi connectivity index (χ0n) is 17.6. The maximum absolute atomic E-state index is 12.7. The number of carbonyl (C=O) groups excluding carboxylic acids is 1. The van der Waals surface area contributed by atoms with E-state index in [9.17, 15) is 4.79 Å². The number of amides is 1. The summed E-state index contributed by atoms with van der Waals surface area (Å²) in [5.41, 5.74) is 2.43. The van der Waals surface area contributed by atoms with Gasteiger partial charge in [-0.3, -0.25) is 9.79 Å². The highest BCUT2D eigenvalue weighted by Gasteiger charge is 2.23. The third-order valence-electron chi connectivity index (χ3n) is 4.88. The van der Waals surface area contributed by atoms with Crippen molar-refractivity contribution in [1.82, 2.24) is 20.2 Å². The van der Waals surface area contributed by atoms with Gasteiger partial charge in [-0.2, -0.15) is 0 Å². The van der Waals surface area contributed by atoms with Crippen LogP contribution in [0.5, 0.6) is 0 Å². The van der Waals surface area contributed by atoms with Crippen molar-refractivity contribution in [1.29, 1.82) is 0 Å². The highest BCUT2D eigenvalue weighted by molar-refractivity contribution is 8.02. The molecule has 0 radical (unpaired) electrons. The van der Waals surface area contributed by atoms with Crippen LogP contribution in [0.3, 0.4) is 0 Å². The molecular formula is C21H28N6OS2. The molecule has 1 saturated heterocycles. The summed E-state index contributed by atoms with van der Waals surface area (Å²) in [4.78, 5) is 28.6. The fraction of sp³-hybridized carbons (Fsp3) is 0.429. The molecule has 0 unspecified atom stereocenters. The van der Waals surface area contributed by atoms with Gasteiger partial charge in [0.2, 0.25) is 0 Å². The van der Waals surface area contributed by atoms with E-state index in [-0.39, 0.29) is 5.91 Å². The van der Waals surface area contributed by atoms with Crippen molar-refractivity contribution in [3.05, 3.63) is 44.9 Å². The van der Waals surface area contributed by atoms with Gasteiger partial charge in [0.05, 0.1) is 32.7 Å². The molecule has 3 heterocycles. The van der Waals surface area contributed by atoms with E-state index in [0.29, 0.717) is 17.5 Å². The largest absolute Gasteiger partial charge is 0.361 e. The highest BCUT2D eigenvalue weighted by Crippen LogP contribution is 2.28. The van der Waals surface area contributed by atoms with Crippen LogP contribution in [0.25, 0.3) is 5.70 Å². The van der Waals surface area contributed by atoms with E-state index in [1.54, 1.807) is 29.3 Å². The third-order valence-corrected chi connectivity index (χ3v) is 6.68. The minimum absolute atomic E-state index is 0.0447. The van der Waals surface area contributed by atoms with Gasteiger partial charge in [0.15, 0.2) is 0 Å². The molecule has 2 N–H and O–H groups in total. The van der Waals surface area contributed by atoms with E-state index >= 15 is 0 Å². The number of thiazole rings is 1. The first-order valence-corrected chi connectivity index (χ1v) is 11.8. The molecule has 1 amide bonds. The number of hydrogen-bond donors (Lipinski definition) is 2. The van der Waals surface area contributed by atoms with Gasteiger partial charge in [-0.05, 0) is 44.5 Å². The van der Waals surface area contributed by atoms with Crippen LogP contribution in [-0.4, -0.2) is 59.0 Å². The molecule has 0 spiro atoms. The van der Waals surface area contributed by atoms with Crippen molar-refractivity contribution in [3.8, 4) is 0 Å². The molecule has 3 rings (SSSR count). The van der Waals surface area contributed by atoms with Crippen molar-refractivity contribution < 1.29 is 4.79 Å². The summed E-state index contributed by atoms with van der Waals surface area (Å²) >= 11 is 3.20. The minimum atomic E-state index is 0.0447. The maximum atomic E-state index is 12.7. The van der Waals surface area contributed by atoms with Gasteiger partial charge in [-0.25, -0.2) is 9.97 Å². The first-order chi connectivity index (χ1) is 14.5. The van der Waals surface area contributed by atoms with E-state index < -0.39 is 0 Å². The SMILES string of the molecule is C=N/C(=C\SCNc1ccc(C(=O)N2CCN[C@@H](CC)C2)cn1)c1sc(C)nc1C. The molecule has 160 valence electrons. The van der Waals surface area contributed by atoms with Crippen molar-refractivity contribution in [2.24, 2.45) is 4.99 Å². The molecule has 0 saturated carbocycles. The number of nitrogens with one attached hydrogen (secondary N) is 2. The topological polar surface area (TPSA) is 82.5 Å². The summed E-state index contributed by atoms with van der Waals surface area (Å²) in [6.07, 6.45) is 2.66. The van der Waals surface area contributed by atoms with Gasteiger partial charge >= 0.3 is 0 Å². The maximum Gasteiger partial charge on any atom is 0.255 e. The Morgan fingerprint density at radius 3 is 2.97 bits per heavy atom. The second kappa shape index (κ2) is 10.7. The summed E-state index contributed by atoms with van der Waals surface area (Å²) in [6, 6.07) is 4.05. The number of aliphatic imine (C=N–C) groups is 1. The Balaban J connectivity index is 1.52. The van der Waals surface area contributed by atoms with Crippen LogP contribution in [0.4, 0.5) is 5.82 Å². The Morgan fingerprint density at radius 1 is 1.50 bits per heavy atom. The normalized spacial score (nSPS) is 17.1. The average Bonchev–Trinajstić information content (AvgIpc) is 3.11. The van der Waals surface area contributed by atoms with E-state index in [1.165, 1.54) is 0 Å². The second-order valence-electron chi connectivity index (χ2n) is 7.04. The van der Waals surface area contributed by atoms with Crippen molar-refractivity contribution >= 4 is 47.2 Å². The summed E-state index contributed by atoms with van der Waals surface area (Å²) in [6.45, 7) is 12.1. The lowest BCUT2D eigenvalue weighted by Gasteiger charge is -2.33. The van der Waals surface area contributed by atoms with E-state index in [0.717, 1.165) is 53.1 Å².